The van der Waals surface area contributed by atoms with E-state index < -0.39 is 6.10 Å². The van der Waals surface area contributed by atoms with E-state index in [1.54, 1.807) is 24.3 Å². The van der Waals surface area contributed by atoms with E-state index in [1.165, 1.54) is 12.1 Å². The minimum atomic E-state index is -0.768. The molecule has 142 valence electrons. The number of hydrogen-bond acceptors (Lipinski definition) is 5. The van der Waals surface area contributed by atoms with Gasteiger partial charge in [0.05, 0.1) is 11.6 Å². The zero-order valence-corrected chi connectivity index (χ0v) is 15.1. The highest BCUT2D eigenvalue weighted by Gasteiger charge is 2.15. The maximum absolute atomic E-state index is 11.5. The molecule has 1 aromatic heterocycles. The number of benzene rings is 2. The van der Waals surface area contributed by atoms with Crippen molar-refractivity contribution in [3.63, 3.8) is 0 Å². The van der Waals surface area contributed by atoms with Crippen LogP contribution in [0.2, 0.25) is 0 Å². The lowest BCUT2D eigenvalue weighted by atomic mass is 10.0. The Morgan fingerprint density at radius 3 is 2.52 bits per heavy atom. The fourth-order valence-electron chi connectivity index (χ4n) is 3.12. The summed E-state index contributed by atoms with van der Waals surface area (Å²) in [4.78, 5) is 14.1. The van der Waals surface area contributed by atoms with Crippen LogP contribution in [0, 0.1) is 0 Å². The predicted molar refractivity (Wildman–Crippen MR) is 105 cm³/mol. The number of aryl methyl sites for hydroxylation is 1. The Morgan fingerprint density at radius 2 is 1.78 bits per heavy atom. The zero-order valence-electron chi connectivity index (χ0n) is 15.1. The van der Waals surface area contributed by atoms with Crippen molar-refractivity contribution in [2.24, 2.45) is 0 Å². The molecule has 27 heavy (non-hydrogen) atoms. The summed E-state index contributed by atoms with van der Waals surface area (Å²) in [6.07, 6.45) is 0.991. The lowest BCUT2D eigenvalue weighted by Crippen LogP contribution is -2.31. The Hall–Kier alpha value is -2.83. The number of aromatic nitrogens is 1. The first kappa shape index (κ1) is 18.9. The lowest BCUT2D eigenvalue weighted by Gasteiger charge is -2.19. The van der Waals surface area contributed by atoms with Crippen LogP contribution in [0.5, 0.6) is 11.5 Å². The van der Waals surface area contributed by atoms with Crippen LogP contribution < -0.4 is 10.9 Å². The van der Waals surface area contributed by atoms with Crippen LogP contribution in [0.1, 0.15) is 30.6 Å². The van der Waals surface area contributed by atoms with Crippen molar-refractivity contribution in [3.05, 3.63) is 70.0 Å². The third-order valence-corrected chi connectivity index (χ3v) is 4.73. The van der Waals surface area contributed by atoms with Crippen molar-refractivity contribution in [2.45, 2.75) is 31.9 Å². The molecule has 0 fully saturated rings. The van der Waals surface area contributed by atoms with E-state index in [0.717, 1.165) is 18.4 Å². The Balaban J connectivity index is 1.61. The van der Waals surface area contributed by atoms with Gasteiger partial charge in [0.25, 0.3) is 0 Å². The number of aromatic amines is 1. The van der Waals surface area contributed by atoms with E-state index >= 15 is 0 Å². The minimum absolute atomic E-state index is 0.0196. The number of pyridine rings is 1. The normalized spacial score (nSPS) is 13.6. The van der Waals surface area contributed by atoms with E-state index in [4.69, 9.17) is 0 Å². The Kier molecular flexibility index (Phi) is 5.78. The van der Waals surface area contributed by atoms with Crippen molar-refractivity contribution in [1.82, 2.24) is 10.3 Å². The molecule has 3 rings (SSSR count). The van der Waals surface area contributed by atoms with Crippen LogP contribution in [-0.2, 0) is 6.42 Å². The molecule has 3 aromatic rings. The number of fused-ring (bicyclic) bond motifs is 1. The molecule has 0 amide bonds. The SMILES string of the molecule is CC(CCc1ccc(O)cc1)NCC(O)c1ccc(O)c2[nH]c(=O)ccc12. The molecule has 0 saturated heterocycles. The average molecular weight is 368 g/mol. The first-order chi connectivity index (χ1) is 12.9. The molecule has 2 aromatic carbocycles. The van der Waals surface area contributed by atoms with Crippen molar-refractivity contribution < 1.29 is 15.3 Å². The van der Waals surface area contributed by atoms with Crippen LogP contribution in [-0.4, -0.2) is 32.9 Å². The molecule has 0 spiro atoms. The second-order valence-corrected chi connectivity index (χ2v) is 6.82. The maximum Gasteiger partial charge on any atom is 0.248 e. The molecule has 1 heterocycles. The van der Waals surface area contributed by atoms with Gasteiger partial charge in [-0.05, 0) is 55.2 Å². The quantitative estimate of drug-likeness (QED) is 0.441. The van der Waals surface area contributed by atoms with E-state index in [1.807, 2.05) is 12.1 Å². The van der Waals surface area contributed by atoms with E-state index in [9.17, 15) is 20.1 Å². The van der Waals surface area contributed by atoms with Crippen molar-refractivity contribution in [2.75, 3.05) is 6.54 Å². The van der Waals surface area contributed by atoms with Gasteiger partial charge >= 0.3 is 0 Å². The smallest absolute Gasteiger partial charge is 0.248 e. The van der Waals surface area contributed by atoms with E-state index in [-0.39, 0.29) is 23.1 Å². The largest absolute Gasteiger partial charge is 0.508 e. The van der Waals surface area contributed by atoms with Gasteiger partial charge in [0.1, 0.15) is 11.5 Å². The molecule has 0 aliphatic heterocycles. The fraction of sp³-hybridized carbons (Fsp3) is 0.286. The number of aliphatic hydroxyl groups excluding tert-OH is 1. The van der Waals surface area contributed by atoms with Gasteiger partial charge in [-0.25, -0.2) is 0 Å². The molecule has 0 bridgehead atoms. The number of aliphatic hydroxyl groups is 1. The van der Waals surface area contributed by atoms with E-state index in [0.29, 0.717) is 23.0 Å². The number of nitrogens with one attached hydrogen (secondary N) is 2. The van der Waals surface area contributed by atoms with Gasteiger partial charge in [0.15, 0.2) is 0 Å². The second kappa shape index (κ2) is 8.24. The number of rotatable bonds is 7. The number of aromatic hydroxyl groups is 2. The summed E-state index contributed by atoms with van der Waals surface area (Å²) in [7, 11) is 0. The van der Waals surface area contributed by atoms with Crippen LogP contribution in [0.25, 0.3) is 10.9 Å². The molecule has 2 atom stereocenters. The van der Waals surface area contributed by atoms with Gasteiger partial charge in [0.2, 0.25) is 5.56 Å². The minimum Gasteiger partial charge on any atom is -0.508 e. The molecule has 6 heteroatoms. The van der Waals surface area contributed by atoms with Crippen molar-refractivity contribution in [3.8, 4) is 11.5 Å². The van der Waals surface area contributed by atoms with Crippen LogP contribution in [0.15, 0.2) is 53.3 Å². The zero-order chi connectivity index (χ0) is 19.4. The molecule has 6 nitrogen and oxygen atoms in total. The Labute approximate surface area is 157 Å². The number of phenolic OH excluding ortho intramolecular Hbond substituents is 2. The summed E-state index contributed by atoms with van der Waals surface area (Å²) in [6.45, 7) is 2.41. The van der Waals surface area contributed by atoms with Gasteiger partial charge in [-0.2, -0.15) is 0 Å². The molecule has 0 aliphatic carbocycles. The Bertz CT molecular complexity index is 966. The monoisotopic (exact) mass is 368 g/mol. The van der Waals surface area contributed by atoms with Crippen molar-refractivity contribution in [1.29, 1.82) is 0 Å². The molecule has 0 radical (unpaired) electrons. The first-order valence-electron chi connectivity index (χ1n) is 8.98. The van der Waals surface area contributed by atoms with Crippen LogP contribution >= 0.6 is 0 Å². The summed E-state index contributed by atoms with van der Waals surface area (Å²) in [5.41, 5.74) is 1.83. The number of H-pyrrole nitrogens is 1. The molecule has 0 saturated carbocycles. The second-order valence-electron chi connectivity index (χ2n) is 6.82. The summed E-state index contributed by atoms with van der Waals surface area (Å²) in [5.74, 6) is 0.240. The van der Waals surface area contributed by atoms with Gasteiger partial charge in [0, 0.05) is 24.0 Å². The Morgan fingerprint density at radius 1 is 1.04 bits per heavy atom. The first-order valence-corrected chi connectivity index (χ1v) is 8.98. The maximum atomic E-state index is 11.5. The van der Waals surface area contributed by atoms with Crippen LogP contribution in [0.3, 0.4) is 0 Å². The summed E-state index contributed by atoms with van der Waals surface area (Å²) in [5, 5.41) is 33.8. The summed E-state index contributed by atoms with van der Waals surface area (Å²) in [6, 6.07) is 13.5. The highest BCUT2D eigenvalue weighted by Crippen LogP contribution is 2.28. The fourth-order valence-corrected chi connectivity index (χ4v) is 3.12. The van der Waals surface area contributed by atoms with Crippen LogP contribution in [0.4, 0.5) is 0 Å². The predicted octanol–water partition coefficient (Wildman–Crippen LogP) is 2.58. The third-order valence-electron chi connectivity index (χ3n) is 4.73. The number of hydrogen-bond donors (Lipinski definition) is 5. The molecule has 0 aliphatic rings. The standard InChI is InChI=1S/C21H24N2O4/c1-13(2-3-14-4-6-15(24)7-5-14)22-12-19(26)16-8-10-18(25)21-17(16)9-11-20(27)23-21/h4-11,13,19,22,24-26H,2-3,12H2,1H3,(H,23,27). The lowest BCUT2D eigenvalue weighted by molar-refractivity contribution is 0.171. The van der Waals surface area contributed by atoms with Crippen molar-refractivity contribution >= 4 is 10.9 Å². The third kappa shape index (κ3) is 4.67. The highest BCUT2D eigenvalue weighted by molar-refractivity contribution is 5.87. The molecular formula is C21H24N2O4. The highest BCUT2D eigenvalue weighted by atomic mass is 16.3. The topological polar surface area (TPSA) is 106 Å². The number of phenols is 2. The van der Waals surface area contributed by atoms with Gasteiger partial charge in [-0.15, -0.1) is 0 Å². The van der Waals surface area contributed by atoms with Gasteiger partial charge in [-0.3, -0.25) is 4.79 Å². The molecule has 2 unspecified atom stereocenters. The van der Waals surface area contributed by atoms with Gasteiger partial charge < -0.3 is 25.6 Å². The summed E-state index contributed by atoms with van der Waals surface area (Å²) < 4.78 is 0. The molecular weight excluding hydrogens is 344 g/mol. The average Bonchev–Trinajstić information content (AvgIpc) is 2.66. The van der Waals surface area contributed by atoms with E-state index in [2.05, 4.69) is 17.2 Å². The molecule has 5 N–H and O–H groups in total. The summed E-state index contributed by atoms with van der Waals surface area (Å²) >= 11 is 0. The van der Waals surface area contributed by atoms with Gasteiger partial charge in [-0.1, -0.05) is 18.2 Å².